The zero-order valence-electron chi connectivity index (χ0n) is 17.8. The molecule has 1 aromatic carbocycles. The van der Waals surface area contributed by atoms with Crippen molar-refractivity contribution in [2.75, 3.05) is 0 Å². The maximum Gasteiger partial charge on any atom is 0.303 e. The van der Waals surface area contributed by atoms with E-state index in [0.29, 0.717) is 12.8 Å². The Balaban J connectivity index is 2.60. The van der Waals surface area contributed by atoms with Gasteiger partial charge in [0.05, 0.1) is 6.10 Å². The van der Waals surface area contributed by atoms with Gasteiger partial charge in [-0.25, -0.2) is 0 Å². The number of carbonyl (C=O) groups is 2. The number of esters is 1. The number of aliphatic carboxylic acids is 1. The van der Waals surface area contributed by atoms with Crippen LogP contribution in [0, 0.1) is 0 Å². The molecule has 5 heteroatoms. The number of unbranched alkanes of at least 4 members (excludes halogenated alkanes) is 5. The van der Waals surface area contributed by atoms with Gasteiger partial charge in [-0.1, -0.05) is 75.8 Å². The second-order valence-electron chi connectivity index (χ2n) is 7.54. The first-order valence-electron chi connectivity index (χ1n) is 10.8. The van der Waals surface area contributed by atoms with Gasteiger partial charge in [-0.2, -0.15) is 0 Å². The van der Waals surface area contributed by atoms with Crippen molar-refractivity contribution in [2.24, 2.45) is 0 Å². The molecule has 0 amide bonds. The van der Waals surface area contributed by atoms with Gasteiger partial charge >= 0.3 is 11.9 Å². The first kappa shape index (κ1) is 24.9. The molecule has 162 valence electrons. The van der Waals surface area contributed by atoms with E-state index < -0.39 is 18.2 Å². The fraction of sp³-hybridized carbons (Fsp3) is 0.583. The van der Waals surface area contributed by atoms with E-state index >= 15 is 0 Å². The third-order valence-electron chi connectivity index (χ3n) is 4.81. The minimum Gasteiger partial charge on any atom is -0.481 e. The zero-order chi connectivity index (χ0) is 21.5. The highest BCUT2D eigenvalue weighted by Crippen LogP contribution is 2.25. The fourth-order valence-electron chi connectivity index (χ4n) is 3.25. The van der Waals surface area contributed by atoms with Crippen LogP contribution >= 0.6 is 0 Å². The molecule has 0 aliphatic rings. The van der Waals surface area contributed by atoms with Crippen molar-refractivity contribution in [1.82, 2.24) is 0 Å². The molecule has 0 fully saturated rings. The summed E-state index contributed by atoms with van der Waals surface area (Å²) in [6, 6.07) is 7.60. The minimum atomic E-state index is -0.859. The Bertz CT molecular complexity index is 638. The van der Waals surface area contributed by atoms with Gasteiger partial charge in [-0.3, -0.25) is 9.59 Å². The van der Waals surface area contributed by atoms with Gasteiger partial charge in [0.25, 0.3) is 0 Å². The number of ether oxygens (including phenoxy) is 1. The molecule has 29 heavy (non-hydrogen) atoms. The maximum absolute atomic E-state index is 11.4. The number of carboxylic acids is 1. The van der Waals surface area contributed by atoms with Crippen LogP contribution in [0.2, 0.25) is 0 Å². The lowest BCUT2D eigenvalue weighted by atomic mass is 10.0. The van der Waals surface area contributed by atoms with Crippen molar-refractivity contribution < 1.29 is 24.5 Å². The Kier molecular flexibility index (Phi) is 12.7. The summed E-state index contributed by atoms with van der Waals surface area (Å²) >= 11 is 0. The quantitative estimate of drug-likeness (QED) is 0.291. The van der Waals surface area contributed by atoms with E-state index in [1.165, 1.54) is 32.6 Å². The average molecular weight is 405 g/mol. The number of aliphatic hydroxyl groups is 1. The number of hydrogen-bond donors (Lipinski definition) is 2. The molecular formula is C24H36O5. The van der Waals surface area contributed by atoms with Crippen LogP contribution in [-0.4, -0.2) is 28.3 Å². The summed E-state index contributed by atoms with van der Waals surface area (Å²) in [6.45, 7) is 3.56. The van der Waals surface area contributed by atoms with E-state index in [1.54, 1.807) is 6.08 Å². The Morgan fingerprint density at radius 3 is 2.48 bits per heavy atom. The Hall–Kier alpha value is -2.14. The predicted octanol–water partition coefficient (Wildman–Crippen LogP) is 5.67. The van der Waals surface area contributed by atoms with E-state index in [9.17, 15) is 14.7 Å². The first-order valence-corrected chi connectivity index (χ1v) is 10.8. The summed E-state index contributed by atoms with van der Waals surface area (Å²) in [5, 5.41) is 19.0. The summed E-state index contributed by atoms with van der Waals surface area (Å²) in [5.74, 6) is -1.25. The van der Waals surface area contributed by atoms with Crippen LogP contribution in [0.25, 0.3) is 6.08 Å². The second kappa shape index (κ2) is 14.8. The van der Waals surface area contributed by atoms with E-state index in [-0.39, 0.29) is 12.4 Å². The normalized spacial score (nSPS) is 13.3. The van der Waals surface area contributed by atoms with Crippen LogP contribution < -0.4 is 0 Å². The van der Waals surface area contributed by atoms with Crippen molar-refractivity contribution in [3.05, 3.63) is 41.5 Å². The summed E-state index contributed by atoms with van der Waals surface area (Å²) in [6.07, 6.45) is 11.6. The standard InChI is InChI=1S/C24H36O5/c1-3-4-5-6-7-8-13-22(26)17-16-20-11-9-12-21(18-20)23(29-19(2)25)14-10-15-24(27)28/h9,11-12,16-18,22-23,26H,3-8,10,13-15H2,1-2H3,(H,27,28)/b17-16+. The molecule has 1 aromatic rings. The lowest BCUT2D eigenvalue weighted by molar-refractivity contribution is -0.147. The van der Waals surface area contributed by atoms with Gasteiger partial charge in [-0.15, -0.1) is 0 Å². The number of carboxylic acid groups (broad SMARTS) is 1. The van der Waals surface area contributed by atoms with Crippen molar-refractivity contribution in [2.45, 2.75) is 90.3 Å². The lowest BCUT2D eigenvalue weighted by Gasteiger charge is -2.17. The molecule has 5 nitrogen and oxygen atoms in total. The fourth-order valence-corrected chi connectivity index (χ4v) is 3.25. The third-order valence-corrected chi connectivity index (χ3v) is 4.81. The Morgan fingerprint density at radius 2 is 1.79 bits per heavy atom. The third kappa shape index (κ3) is 12.1. The Morgan fingerprint density at radius 1 is 1.07 bits per heavy atom. The smallest absolute Gasteiger partial charge is 0.303 e. The highest BCUT2D eigenvalue weighted by atomic mass is 16.5. The second-order valence-corrected chi connectivity index (χ2v) is 7.54. The van der Waals surface area contributed by atoms with E-state index in [1.807, 2.05) is 30.3 Å². The lowest BCUT2D eigenvalue weighted by Crippen LogP contribution is -2.09. The van der Waals surface area contributed by atoms with Crippen LogP contribution in [0.3, 0.4) is 0 Å². The highest BCUT2D eigenvalue weighted by molar-refractivity contribution is 5.67. The molecule has 0 aromatic heterocycles. The molecule has 2 unspecified atom stereocenters. The van der Waals surface area contributed by atoms with Gasteiger partial charge < -0.3 is 14.9 Å². The number of aliphatic hydroxyl groups excluding tert-OH is 1. The predicted molar refractivity (Wildman–Crippen MR) is 115 cm³/mol. The van der Waals surface area contributed by atoms with Crippen molar-refractivity contribution in [1.29, 1.82) is 0 Å². The summed E-state index contributed by atoms with van der Waals surface area (Å²) in [5.41, 5.74) is 1.75. The molecule has 2 N–H and O–H groups in total. The van der Waals surface area contributed by atoms with Crippen LogP contribution in [0.4, 0.5) is 0 Å². The summed E-state index contributed by atoms with van der Waals surface area (Å²) < 4.78 is 5.39. The number of benzene rings is 1. The Labute approximate surface area is 174 Å². The molecule has 0 saturated carbocycles. The van der Waals surface area contributed by atoms with Crippen LogP contribution in [0.15, 0.2) is 30.3 Å². The van der Waals surface area contributed by atoms with Crippen molar-refractivity contribution >= 4 is 18.0 Å². The molecule has 0 saturated heterocycles. The van der Waals surface area contributed by atoms with Gasteiger partial charge in [0.15, 0.2) is 0 Å². The molecule has 2 atom stereocenters. The zero-order valence-corrected chi connectivity index (χ0v) is 17.8. The molecule has 0 radical (unpaired) electrons. The van der Waals surface area contributed by atoms with Crippen LogP contribution in [0.5, 0.6) is 0 Å². The molecule has 0 bridgehead atoms. The van der Waals surface area contributed by atoms with Gasteiger partial charge in [0.2, 0.25) is 0 Å². The van der Waals surface area contributed by atoms with Crippen molar-refractivity contribution in [3.63, 3.8) is 0 Å². The van der Waals surface area contributed by atoms with Gasteiger partial charge in [0, 0.05) is 13.3 Å². The number of carbonyl (C=O) groups excluding carboxylic acids is 1. The first-order chi connectivity index (χ1) is 13.9. The average Bonchev–Trinajstić information content (AvgIpc) is 2.68. The van der Waals surface area contributed by atoms with E-state index in [4.69, 9.17) is 9.84 Å². The van der Waals surface area contributed by atoms with E-state index in [2.05, 4.69) is 6.92 Å². The topological polar surface area (TPSA) is 83.8 Å². The van der Waals surface area contributed by atoms with E-state index in [0.717, 1.165) is 30.4 Å². The molecule has 1 rings (SSSR count). The molecule has 0 heterocycles. The van der Waals surface area contributed by atoms with Gasteiger partial charge in [-0.05, 0) is 36.5 Å². The number of rotatable bonds is 15. The van der Waals surface area contributed by atoms with Crippen LogP contribution in [0.1, 0.15) is 95.3 Å². The summed E-state index contributed by atoms with van der Waals surface area (Å²) in [7, 11) is 0. The molecular weight excluding hydrogens is 368 g/mol. The van der Waals surface area contributed by atoms with Crippen molar-refractivity contribution in [3.8, 4) is 0 Å². The molecule has 0 aliphatic heterocycles. The van der Waals surface area contributed by atoms with Gasteiger partial charge in [0.1, 0.15) is 6.10 Å². The minimum absolute atomic E-state index is 0.0436. The summed E-state index contributed by atoms with van der Waals surface area (Å²) in [4.78, 5) is 22.2. The monoisotopic (exact) mass is 404 g/mol. The highest BCUT2D eigenvalue weighted by Gasteiger charge is 2.15. The number of hydrogen-bond acceptors (Lipinski definition) is 4. The molecule has 0 spiro atoms. The van der Waals surface area contributed by atoms with Crippen LogP contribution in [-0.2, 0) is 14.3 Å². The SMILES string of the molecule is CCCCCCCCC(O)/C=C/c1cccc(C(CCCC(=O)O)OC(C)=O)c1. The molecule has 0 aliphatic carbocycles. The maximum atomic E-state index is 11.4. The largest absolute Gasteiger partial charge is 0.481 e.